The van der Waals surface area contributed by atoms with Crippen molar-refractivity contribution in [3.63, 3.8) is 0 Å². The highest BCUT2D eigenvalue weighted by Gasteiger charge is 2.18. The monoisotopic (exact) mass is 374 g/mol. The van der Waals surface area contributed by atoms with E-state index in [1.165, 1.54) is 0 Å². The molecule has 0 aromatic carbocycles. The molecule has 0 amide bonds. The van der Waals surface area contributed by atoms with Gasteiger partial charge in [0.05, 0.1) is 18.8 Å². The molecule has 0 saturated carbocycles. The Balaban J connectivity index is 2.09. The minimum absolute atomic E-state index is 0.184. The fourth-order valence-corrected chi connectivity index (χ4v) is 3.09. The molecule has 3 heterocycles. The molecule has 3 aromatic rings. The zero-order chi connectivity index (χ0) is 18.7. The smallest absolute Gasteiger partial charge is 0.225 e. The highest BCUT2D eigenvalue weighted by molar-refractivity contribution is 6.28. The first-order chi connectivity index (χ1) is 12.5. The van der Waals surface area contributed by atoms with E-state index in [9.17, 15) is 0 Å². The van der Waals surface area contributed by atoms with Crippen LogP contribution >= 0.6 is 11.6 Å². The SMILES string of the molecule is CCOCCn1nc(CC)c2nc(Cl)nc(Nc3cc(C)cc(C)n3)c21. The van der Waals surface area contributed by atoms with Gasteiger partial charge in [-0.25, -0.2) is 9.97 Å². The topological polar surface area (TPSA) is 77.8 Å². The lowest BCUT2D eigenvalue weighted by Crippen LogP contribution is -2.09. The summed E-state index contributed by atoms with van der Waals surface area (Å²) in [4.78, 5) is 13.3. The molecule has 3 aromatic heterocycles. The van der Waals surface area contributed by atoms with Gasteiger partial charge in [0, 0.05) is 12.3 Å². The number of rotatable bonds is 7. The van der Waals surface area contributed by atoms with Crippen LogP contribution in [0.4, 0.5) is 11.6 Å². The van der Waals surface area contributed by atoms with Crippen molar-refractivity contribution in [2.75, 3.05) is 18.5 Å². The van der Waals surface area contributed by atoms with E-state index in [2.05, 4.69) is 25.4 Å². The maximum absolute atomic E-state index is 6.17. The van der Waals surface area contributed by atoms with Gasteiger partial charge in [0.2, 0.25) is 5.28 Å². The molecule has 7 nitrogen and oxygen atoms in total. The van der Waals surface area contributed by atoms with Crippen LogP contribution in [0.1, 0.15) is 30.8 Å². The summed E-state index contributed by atoms with van der Waals surface area (Å²) in [6.45, 7) is 9.86. The number of nitrogens with one attached hydrogen (secondary N) is 1. The van der Waals surface area contributed by atoms with Crippen molar-refractivity contribution in [3.8, 4) is 0 Å². The molecule has 0 aliphatic heterocycles. The summed E-state index contributed by atoms with van der Waals surface area (Å²) in [6.07, 6.45) is 0.757. The van der Waals surface area contributed by atoms with Gasteiger partial charge < -0.3 is 10.1 Å². The quantitative estimate of drug-likeness (QED) is 0.500. The van der Waals surface area contributed by atoms with Crippen LogP contribution in [0.15, 0.2) is 12.1 Å². The number of aryl methyl sites for hydroxylation is 3. The molecule has 0 spiro atoms. The first-order valence-corrected chi connectivity index (χ1v) is 9.12. The maximum atomic E-state index is 6.17. The predicted octanol–water partition coefficient (Wildman–Crippen LogP) is 3.83. The van der Waals surface area contributed by atoms with Crippen molar-refractivity contribution in [1.82, 2.24) is 24.7 Å². The molecule has 0 aliphatic carbocycles. The largest absolute Gasteiger partial charge is 0.380 e. The molecule has 0 unspecified atom stereocenters. The molecular weight excluding hydrogens is 352 g/mol. The summed E-state index contributed by atoms with van der Waals surface area (Å²) in [5.41, 5.74) is 4.51. The lowest BCUT2D eigenvalue weighted by molar-refractivity contribution is 0.137. The summed E-state index contributed by atoms with van der Waals surface area (Å²) >= 11 is 6.17. The van der Waals surface area contributed by atoms with Crippen LogP contribution in [-0.4, -0.2) is 37.9 Å². The summed E-state index contributed by atoms with van der Waals surface area (Å²) in [5.74, 6) is 1.32. The average molecular weight is 375 g/mol. The van der Waals surface area contributed by atoms with E-state index in [4.69, 9.17) is 16.3 Å². The number of hydrogen-bond donors (Lipinski definition) is 1. The van der Waals surface area contributed by atoms with Gasteiger partial charge in [-0.3, -0.25) is 4.68 Å². The Kier molecular flexibility index (Phi) is 5.68. The second kappa shape index (κ2) is 7.97. The molecule has 1 N–H and O–H groups in total. The highest BCUT2D eigenvalue weighted by atomic mass is 35.5. The standard InChI is InChI=1S/C18H23ClN6O/c1-5-13-15-16(25(24-13)7-8-26-6-2)17(23-18(19)22-15)21-14-10-11(3)9-12(4)20-14/h9-10H,5-8H2,1-4H3,(H,20,21,22,23). The fourth-order valence-electron chi connectivity index (χ4n) is 2.93. The second-order valence-corrected chi connectivity index (χ2v) is 6.39. The van der Waals surface area contributed by atoms with Crippen molar-refractivity contribution in [3.05, 3.63) is 34.4 Å². The number of fused-ring (bicyclic) bond motifs is 1. The van der Waals surface area contributed by atoms with Gasteiger partial charge in [-0.2, -0.15) is 10.1 Å². The molecule has 0 atom stereocenters. The van der Waals surface area contributed by atoms with Crippen LogP contribution < -0.4 is 5.32 Å². The van der Waals surface area contributed by atoms with Crippen LogP contribution in [0.25, 0.3) is 11.0 Å². The van der Waals surface area contributed by atoms with Crippen molar-refractivity contribution < 1.29 is 4.74 Å². The lowest BCUT2D eigenvalue weighted by Gasteiger charge is -2.10. The molecule has 26 heavy (non-hydrogen) atoms. The molecule has 8 heteroatoms. The molecular formula is C18H23ClN6O. The second-order valence-electron chi connectivity index (χ2n) is 6.05. The zero-order valence-corrected chi connectivity index (χ0v) is 16.3. The van der Waals surface area contributed by atoms with Gasteiger partial charge in [0.25, 0.3) is 0 Å². The van der Waals surface area contributed by atoms with Gasteiger partial charge >= 0.3 is 0 Å². The minimum atomic E-state index is 0.184. The van der Waals surface area contributed by atoms with Gasteiger partial charge in [-0.1, -0.05) is 6.92 Å². The van der Waals surface area contributed by atoms with Gasteiger partial charge in [0.1, 0.15) is 16.9 Å². The summed E-state index contributed by atoms with van der Waals surface area (Å²) in [6, 6.07) is 3.99. The molecule has 0 saturated heterocycles. The Hall–Kier alpha value is -2.25. The van der Waals surface area contributed by atoms with E-state index >= 15 is 0 Å². The van der Waals surface area contributed by atoms with Crippen molar-refractivity contribution in [2.24, 2.45) is 0 Å². The van der Waals surface area contributed by atoms with E-state index in [-0.39, 0.29) is 5.28 Å². The first-order valence-electron chi connectivity index (χ1n) is 8.74. The third-order valence-corrected chi connectivity index (χ3v) is 4.13. The fraction of sp³-hybridized carbons (Fsp3) is 0.444. The first kappa shape index (κ1) is 18.5. The van der Waals surface area contributed by atoms with Crippen molar-refractivity contribution in [1.29, 1.82) is 0 Å². The Labute approximate surface area is 157 Å². The number of halogens is 1. The molecule has 0 radical (unpaired) electrons. The molecule has 138 valence electrons. The molecule has 3 rings (SSSR count). The van der Waals surface area contributed by atoms with E-state index in [1.54, 1.807) is 0 Å². The molecule has 0 bridgehead atoms. The van der Waals surface area contributed by atoms with Gasteiger partial charge in [-0.15, -0.1) is 0 Å². The van der Waals surface area contributed by atoms with E-state index < -0.39 is 0 Å². The number of ether oxygens (including phenoxy) is 1. The Morgan fingerprint density at radius 1 is 1.15 bits per heavy atom. The number of aromatic nitrogens is 5. The minimum Gasteiger partial charge on any atom is -0.380 e. The van der Waals surface area contributed by atoms with E-state index in [1.807, 2.05) is 44.5 Å². The van der Waals surface area contributed by atoms with Crippen LogP contribution in [0.3, 0.4) is 0 Å². The van der Waals surface area contributed by atoms with Crippen LogP contribution in [0.2, 0.25) is 5.28 Å². The van der Waals surface area contributed by atoms with Gasteiger partial charge in [0.15, 0.2) is 5.82 Å². The Morgan fingerprint density at radius 2 is 1.96 bits per heavy atom. The Bertz CT molecular complexity index is 903. The van der Waals surface area contributed by atoms with E-state index in [0.717, 1.165) is 34.4 Å². The summed E-state index contributed by atoms with van der Waals surface area (Å²) in [5, 5.41) is 8.15. The van der Waals surface area contributed by atoms with Crippen molar-refractivity contribution >= 4 is 34.3 Å². The Morgan fingerprint density at radius 3 is 2.65 bits per heavy atom. The van der Waals surface area contributed by atoms with Crippen LogP contribution in [-0.2, 0) is 17.7 Å². The average Bonchev–Trinajstić information content (AvgIpc) is 2.92. The summed E-state index contributed by atoms with van der Waals surface area (Å²) < 4.78 is 7.36. The molecule has 0 aliphatic rings. The number of anilines is 2. The number of nitrogens with zero attached hydrogens (tertiary/aromatic N) is 5. The normalized spacial score (nSPS) is 11.3. The zero-order valence-electron chi connectivity index (χ0n) is 15.5. The molecule has 0 fully saturated rings. The van der Waals surface area contributed by atoms with Crippen LogP contribution in [0.5, 0.6) is 0 Å². The number of hydrogen-bond acceptors (Lipinski definition) is 6. The third-order valence-electron chi connectivity index (χ3n) is 3.96. The lowest BCUT2D eigenvalue weighted by atomic mass is 10.2. The maximum Gasteiger partial charge on any atom is 0.225 e. The number of pyridine rings is 1. The van der Waals surface area contributed by atoms with E-state index in [0.29, 0.717) is 31.4 Å². The summed E-state index contributed by atoms with van der Waals surface area (Å²) in [7, 11) is 0. The predicted molar refractivity (Wildman–Crippen MR) is 103 cm³/mol. The van der Waals surface area contributed by atoms with Gasteiger partial charge in [-0.05, 0) is 56.5 Å². The van der Waals surface area contributed by atoms with Crippen LogP contribution in [0, 0.1) is 13.8 Å². The third kappa shape index (κ3) is 3.94. The highest BCUT2D eigenvalue weighted by Crippen LogP contribution is 2.27. The van der Waals surface area contributed by atoms with Crippen molar-refractivity contribution in [2.45, 2.75) is 40.7 Å².